The molecule has 1 heterocycles. The zero-order chi connectivity index (χ0) is 27.1. The first kappa shape index (κ1) is 26.9. The van der Waals surface area contributed by atoms with Crippen LogP contribution in [0.3, 0.4) is 0 Å². The highest BCUT2D eigenvalue weighted by Gasteiger charge is 2.45. The van der Waals surface area contributed by atoms with Crippen molar-refractivity contribution in [3.63, 3.8) is 0 Å². The maximum Gasteiger partial charge on any atom is 0.306 e. The highest BCUT2D eigenvalue weighted by molar-refractivity contribution is 8.32. The second-order valence-corrected chi connectivity index (χ2v) is 14.4. The van der Waals surface area contributed by atoms with Crippen LogP contribution in [0.4, 0.5) is 14.5 Å². The fourth-order valence-electron chi connectivity index (χ4n) is 5.06. The van der Waals surface area contributed by atoms with Gasteiger partial charge in [-0.15, -0.1) is 0 Å². The molecular weight excluding hydrogens is 502 g/mol. The van der Waals surface area contributed by atoms with Gasteiger partial charge in [-0.05, 0) is 80.3 Å². The van der Waals surface area contributed by atoms with Crippen molar-refractivity contribution in [2.75, 3.05) is 37.2 Å². The summed E-state index contributed by atoms with van der Waals surface area (Å²) in [6.07, 6.45) is 6.28. The number of hydrogen-bond donors (Lipinski definition) is 2. The zero-order valence-corrected chi connectivity index (χ0v) is 22.2. The molecule has 2 amide bonds. The molecule has 0 radical (unpaired) electrons. The first-order valence-corrected chi connectivity index (χ1v) is 15.0. The smallest absolute Gasteiger partial charge is 0.306 e. The van der Waals surface area contributed by atoms with Crippen molar-refractivity contribution in [1.29, 1.82) is 0 Å². The summed E-state index contributed by atoms with van der Waals surface area (Å²) in [7, 11) is -1.68. The molecule has 1 saturated carbocycles. The summed E-state index contributed by atoms with van der Waals surface area (Å²) in [6.45, 7) is 2.59. The standard InChI is InChI=1S/C27H32F2N2O5S/c1-5-36-19-6-7-20-15(12-19)8-9-31(26(33)16-10-17(11-16)27(34)35)23(20)25(32)30-18-13-21(28)24(22(29)14-18)37(2,3)4/h6-7,12-14,16-17,23H,5,8-11H2,1-4H3,(H,30,32)(H,34,35)/t16-,17-,23?. The molecule has 2 aliphatic rings. The number of halogens is 2. The van der Waals surface area contributed by atoms with Gasteiger partial charge in [-0.1, -0.05) is 6.07 Å². The van der Waals surface area contributed by atoms with Gasteiger partial charge in [0.2, 0.25) is 5.91 Å². The molecule has 2 aromatic carbocycles. The van der Waals surface area contributed by atoms with Crippen molar-refractivity contribution < 1.29 is 33.0 Å². The Kier molecular flexibility index (Phi) is 7.50. The molecule has 1 aliphatic carbocycles. The Labute approximate surface area is 216 Å². The number of hydrogen-bond acceptors (Lipinski definition) is 4. The fourth-order valence-corrected chi connectivity index (χ4v) is 6.35. The lowest BCUT2D eigenvalue weighted by molar-refractivity contribution is -0.154. The molecule has 4 rings (SSSR count). The Morgan fingerprint density at radius 1 is 1.08 bits per heavy atom. The first-order chi connectivity index (χ1) is 17.4. The average Bonchev–Trinajstić information content (AvgIpc) is 2.75. The predicted octanol–water partition coefficient (Wildman–Crippen LogP) is 4.59. The number of carbonyl (C=O) groups excluding carboxylic acids is 2. The summed E-state index contributed by atoms with van der Waals surface area (Å²) in [5.74, 6) is -3.69. The number of fused-ring (bicyclic) bond motifs is 1. The monoisotopic (exact) mass is 534 g/mol. The summed E-state index contributed by atoms with van der Waals surface area (Å²) in [5, 5.41) is 11.8. The minimum atomic E-state index is -1.68. The number of carboxylic acids is 1. The Balaban J connectivity index is 1.65. The van der Waals surface area contributed by atoms with Gasteiger partial charge >= 0.3 is 5.97 Å². The van der Waals surface area contributed by atoms with Gasteiger partial charge in [-0.2, -0.15) is 0 Å². The van der Waals surface area contributed by atoms with E-state index in [1.54, 1.807) is 30.9 Å². The molecule has 7 nitrogen and oxygen atoms in total. The minimum Gasteiger partial charge on any atom is -0.494 e. The third kappa shape index (κ3) is 5.44. The molecule has 200 valence electrons. The number of nitrogens with zero attached hydrogens (tertiary/aromatic N) is 1. The lowest BCUT2D eigenvalue weighted by Gasteiger charge is -2.41. The quantitative estimate of drug-likeness (QED) is 0.542. The maximum atomic E-state index is 14.8. The molecule has 2 N–H and O–H groups in total. The molecule has 0 saturated heterocycles. The van der Waals surface area contributed by atoms with Crippen LogP contribution in [0.2, 0.25) is 0 Å². The fraction of sp³-hybridized carbons (Fsp3) is 0.444. The van der Waals surface area contributed by atoms with Crippen LogP contribution in [-0.4, -0.2) is 59.7 Å². The van der Waals surface area contributed by atoms with E-state index in [0.29, 0.717) is 24.3 Å². The third-order valence-corrected chi connectivity index (χ3v) is 8.51. The zero-order valence-electron chi connectivity index (χ0n) is 21.3. The number of anilines is 1. The SMILES string of the molecule is CCOc1ccc2c(c1)CCN(C(=O)[C@H]1C[C@H](C(=O)O)C1)C2C(=O)Nc1cc(F)c(S(C)(C)C)c(F)c1. The summed E-state index contributed by atoms with van der Waals surface area (Å²) in [6, 6.07) is 6.47. The lowest BCUT2D eigenvalue weighted by atomic mass is 9.73. The molecule has 0 spiro atoms. The molecule has 1 atom stereocenters. The van der Waals surface area contributed by atoms with Crippen molar-refractivity contribution in [1.82, 2.24) is 4.90 Å². The molecule has 1 fully saturated rings. The second-order valence-electron chi connectivity index (χ2n) is 10.3. The Hall–Kier alpha value is -3.14. The van der Waals surface area contributed by atoms with E-state index in [4.69, 9.17) is 4.74 Å². The van der Waals surface area contributed by atoms with Crippen molar-refractivity contribution in [3.05, 3.63) is 53.1 Å². The van der Waals surface area contributed by atoms with Crippen LogP contribution in [-0.2, 0) is 20.8 Å². The molecule has 0 aromatic heterocycles. The Bertz CT molecular complexity index is 1220. The summed E-state index contributed by atoms with van der Waals surface area (Å²) in [4.78, 5) is 39.7. The Morgan fingerprint density at radius 3 is 2.30 bits per heavy atom. The number of amides is 2. The summed E-state index contributed by atoms with van der Waals surface area (Å²) >= 11 is 0. The van der Waals surface area contributed by atoms with Crippen LogP contribution in [0.1, 0.15) is 36.9 Å². The van der Waals surface area contributed by atoms with Gasteiger partial charge in [0.1, 0.15) is 23.4 Å². The van der Waals surface area contributed by atoms with Crippen molar-refractivity contribution in [2.24, 2.45) is 11.8 Å². The number of ether oxygens (including phenoxy) is 1. The van der Waals surface area contributed by atoms with Gasteiger partial charge < -0.3 is 20.1 Å². The van der Waals surface area contributed by atoms with E-state index in [2.05, 4.69) is 5.32 Å². The minimum absolute atomic E-state index is 0.00624. The van der Waals surface area contributed by atoms with Gasteiger partial charge in [0.05, 0.1) is 17.4 Å². The van der Waals surface area contributed by atoms with Crippen LogP contribution in [0.15, 0.2) is 35.2 Å². The summed E-state index contributed by atoms with van der Waals surface area (Å²) < 4.78 is 35.2. The van der Waals surface area contributed by atoms with Gasteiger partial charge in [-0.3, -0.25) is 14.4 Å². The number of aliphatic carboxylic acids is 1. The van der Waals surface area contributed by atoms with E-state index in [1.165, 1.54) is 4.90 Å². The van der Waals surface area contributed by atoms with Crippen LogP contribution >= 0.6 is 10.0 Å². The molecule has 1 aliphatic heterocycles. The summed E-state index contributed by atoms with van der Waals surface area (Å²) in [5.41, 5.74) is 1.41. The molecule has 37 heavy (non-hydrogen) atoms. The normalized spacial score (nSPS) is 21.5. The van der Waals surface area contributed by atoms with E-state index in [0.717, 1.165) is 17.7 Å². The van der Waals surface area contributed by atoms with E-state index < -0.39 is 51.4 Å². The number of carboxylic acid groups (broad SMARTS) is 1. The van der Waals surface area contributed by atoms with E-state index in [-0.39, 0.29) is 35.9 Å². The van der Waals surface area contributed by atoms with Crippen LogP contribution in [0.5, 0.6) is 5.75 Å². The number of carbonyl (C=O) groups is 3. The van der Waals surface area contributed by atoms with Crippen molar-refractivity contribution >= 4 is 33.5 Å². The molecule has 10 heteroatoms. The molecule has 1 unspecified atom stereocenters. The van der Waals surface area contributed by atoms with E-state index >= 15 is 0 Å². The average molecular weight is 535 g/mol. The van der Waals surface area contributed by atoms with Gasteiger partial charge in [0.25, 0.3) is 5.91 Å². The number of nitrogens with one attached hydrogen (secondary N) is 1. The van der Waals surface area contributed by atoms with E-state index in [9.17, 15) is 28.3 Å². The van der Waals surface area contributed by atoms with Crippen LogP contribution < -0.4 is 10.1 Å². The highest BCUT2D eigenvalue weighted by Crippen LogP contribution is 2.48. The third-order valence-electron chi connectivity index (χ3n) is 6.90. The molecule has 2 aromatic rings. The van der Waals surface area contributed by atoms with Crippen molar-refractivity contribution in [3.8, 4) is 5.75 Å². The molecule has 0 bridgehead atoms. The highest BCUT2D eigenvalue weighted by atomic mass is 32.3. The van der Waals surface area contributed by atoms with Gasteiger partial charge in [0.15, 0.2) is 0 Å². The predicted molar refractivity (Wildman–Crippen MR) is 138 cm³/mol. The molecular formula is C27H32F2N2O5S. The topological polar surface area (TPSA) is 95.9 Å². The Morgan fingerprint density at radius 2 is 1.73 bits per heavy atom. The second kappa shape index (κ2) is 10.3. The van der Waals surface area contributed by atoms with E-state index in [1.807, 2.05) is 13.0 Å². The largest absolute Gasteiger partial charge is 0.494 e. The number of benzene rings is 2. The van der Waals surface area contributed by atoms with Gasteiger partial charge in [-0.25, -0.2) is 18.8 Å². The maximum absolute atomic E-state index is 14.8. The van der Waals surface area contributed by atoms with Crippen LogP contribution in [0, 0.1) is 23.5 Å². The van der Waals surface area contributed by atoms with Crippen LogP contribution in [0.25, 0.3) is 0 Å². The number of rotatable bonds is 7. The van der Waals surface area contributed by atoms with Gasteiger partial charge in [0, 0.05) is 18.2 Å². The lowest BCUT2D eigenvalue weighted by Crippen LogP contribution is -2.50. The van der Waals surface area contributed by atoms with Crippen molar-refractivity contribution in [2.45, 2.75) is 37.1 Å². The first-order valence-electron chi connectivity index (χ1n) is 12.2.